The molecule has 65 heavy (non-hydrogen) atoms. The molecular formula is C52H71NO12. The van der Waals surface area contributed by atoms with Crippen molar-refractivity contribution in [2.75, 3.05) is 13.7 Å². The van der Waals surface area contributed by atoms with Crippen LogP contribution >= 0.6 is 0 Å². The number of carbonyl (C=O) groups is 4. The molecule has 2 aliphatic heterocycles. The van der Waals surface area contributed by atoms with Gasteiger partial charge in [-0.2, -0.15) is 0 Å². The van der Waals surface area contributed by atoms with Crippen molar-refractivity contribution in [3.05, 3.63) is 76.4 Å². The highest BCUT2D eigenvalue weighted by molar-refractivity contribution is 5.91. The van der Waals surface area contributed by atoms with Crippen LogP contribution in [0.15, 0.2) is 59.7 Å². The van der Waals surface area contributed by atoms with E-state index in [0.29, 0.717) is 41.9 Å². The molecule has 0 spiro atoms. The number of hydrogen-bond acceptors (Lipinski definition) is 12. The van der Waals surface area contributed by atoms with E-state index in [-0.39, 0.29) is 30.8 Å². The molecule has 1 amide bonds. The average molecular weight is 902 g/mol. The van der Waals surface area contributed by atoms with Crippen molar-refractivity contribution < 1.29 is 57.4 Å². The maximum atomic E-state index is 15.6. The molecule has 2 aromatic carbocycles. The Hall–Kier alpha value is -4.46. The van der Waals surface area contributed by atoms with E-state index < -0.39 is 94.0 Å². The third-order valence-electron chi connectivity index (χ3n) is 15.7. The van der Waals surface area contributed by atoms with Gasteiger partial charge in [-0.3, -0.25) is 9.69 Å². The van der Waals surface area contributed by atoms with Crippen molar-refractivity contribution in [1.82, 2.24) is 4.90 Å². The fourth-order valence-corrected chi connectivity index (χ4v) is 12.6. The van der Waals surface area contributed by atoms with Gasteiger partial charge in [-0.25, -0.2) is 14.4 Å². The first kappa shape index (κ1) is 48.5. The van der Waals surface area contributed by atoms with Crippen LogP contribution in [0.2, 0.25) is 0 Å². The number of ketones is 1. The SMILES string of the molecule is COc1cc(C)ccc1C1O[C@@H](C(=O)OC2C[C@@]3(O)[C@@H](C)[C@@H]4[C@]5(C)CO[C@@H]5C[C@H](OC(=O)OCc5ccccc5)[C@@]4(C)C(=O)C(C)C(=C2C)C3(C)C)[C@H](CC(C)C)N1C(=O)OC(C)(C)C. The second-order valence-electron chi connectivity index (χ2n) is 21.8. The average Bonchev–Trinajstić information content (AvgIpc) is 3.59. The van der Waals surface area contributed by atoms with Gasteiger partial charge in [-0.1, -0.05) is 90.9 Å². The van der Waals surface area contributed by atoms with Gasteiger partial charge in [0.05, 0.1) is 36.9 Å². The minimum Gasteiger partial charge on any atom is -0.496 e. The third-order valence-corrected chi connectivity index (χ3v) is 15.7. The fraction of sp³-hybridized carbons (Fsp3) is 0.654. The number of methoxy groups -OCH3 is 1. The van der Waals surface area contributed by atoms with Gasteiger partial charge in [0.1, 0.15) is 35.9 Å². The molecule has 0 aromatic heterocycles. The lowest BCUT2D eigenvalue weighted by molar-refractivity contribution is -0.302. The Morgan fingerprint density at radius 2 is 1.66 bits per heavy atom. The molecule has 13 heteroatoms. The molecule has 356 valence electrons. The fourth-order valence-electron chi connectivity index (χ4n) is 12.6. The van der Waals surface area contributed by atoms with Crippen LogP contribution in [0.3, 0.4) is 0 Å². The monoisotopic (exact) mass is 901 g/mol. The molecule has 2 saturated heterocycles. The van der Waals surface area contributed by atoms with E-state index in [4.69, 9.17) is 33.2 Å². The van der Waals surface area contributed by atoms with E-state index in [1.807, 2.05) is 111 Å². The van der Waals surface area contributed by atoms with Gasteiger partial charge in [0.15, 0.2) is 12.3 Å². The number of ether oxygens (including phenoxy) is 7. The Balaban J connectivity index is 1.26. The van der Waals surface area contributed by atoms with E-state index >= 15 is 4.79 Å². The summed E-state index contributed by atoms with van der Waals surface area (Å²) in [6.07, 6.45) is -5.30. The van der Waals surface area contributed by atoms with Gasteiger partial charge in [0.25, 0.3) is 0 Å². The summed E-state index contributed by atoms with van der Waals surface area (Å²) in [4.78, 5) is 59.8. The van der Waals surface area contributed by atoms with E-state index in [2.05, 4.69) is 6.92 Å². The van der Waals surface area contributed by atoms with Crippen molar-refractivity contribution in [3.63, 3.8) is 0 Å². The number of benzene rings is 2. The number of rotatable bonds is 9. The molecule has 2 aromatic rings. The Labute approximate surface area is 384 Å². The molecule has 0 radical (unpaired) electrons. The van der Waals surface area contributed by atoms with Gasteiger partial charge < -0.3 is 38.3 Å². The lowest BCUT2D eigenvalue weighted by Crippen LogP contribution is -2.74. The molecule has 3 aliphatic carbocycles. The Bertz CT molecular complexity index is 2200. The predicted molar refractivity (Wildman–Crippen MR) is 241 cm³/mol. The van der Waals surface area contributed by atoms with E-state index in [1.54, 1.807) is 27.9 Å². The summed E-state index contributed by atoms with van der Waals surface area (Å²) in [5.41, 5.74) is -1.52. The predicted octanol–water partition coefficient (Wildman–Crippen LogP) is 9.45. The molecule has 2 saturated carbocycles. The summed E-state index contributed by atoms with van der Waals surface area (Å²) in [6.45, 7) is 25.3. The van der Waals surface area contributed by atoms with Crippen molar-refractivity contribution in [2.24, 2.45) is 39.9 Å². The minimum atomic E-state index is -1.54. The summed E-state index contributed by atoms with van der Waals surface area (Å²) in [5, 5.41) is 13.6. The second-order valence-corrected chi connectivity index (χ2v) is 21.8. The van der Waals surface area contributed by atoms with Crippen LogP contribution in [0.4, 0.5) is 9.59 Å². The second kappa shape index (κ2) is 17.3. The first-order valence-corrected chi connectivity index (χ1v) is 23.3. The Morgan fingerprint density at radius 3 is 2.26 bits per heavy atom. The van der Waals surface area contributed by atoms with Gasteiger partial charge in [0.2, 0.25) is 0 Å². The number of carbonyl (C=O) groups excluding carboxylic acids is 4. The summed E-state index contributed by atoms with van der Waals surface area (Å²) in [7, 11) is 1.55. The lowest BCUT2D eigenvalue weighted by Gasteiger charge is -2.68. The highest BCUT2D eigenvalue weighted by atomic mass is 16.7. The standard InChI is InChI=1S/C52H71NO12/c1-28(2)22-35-41(64-44(53(35)46(56)65-48(7,8)9)34-21-20-29(3)23-36(34)59-14)45(55)62-37-25-52(58)32(6)42-50(12)27-61-38(50)24-39(63-47(57)60-26-33-18-16-15-17-19-33)51(42,13)43(54)31(5)40(30(37)4)49(52,10)11/h15-21,23,28,31-32,35,37-39,41-42,44,58H,22,24-27H2,1-14H3/t31?,32-,35-,37?,38+,39-,41+,42+,44?,50+,51+,52+/m0/s1. The molecule has 1 N–H and O–H groups in total. The Morgan fingerprint density at radius 1 is 0.985 bits per heavy atom. The van der Waals surface area contributed by atoms with Crippen LogP contribution in [0.5, 0.6) is 5.75 Å². The first-order valence-electron chi connectivity index (χ1n) is 23.3. The molecule has 5 aliphatic rings. The van der Waals surface area contributed by atoms with E-state index in [1.165, 1.54) is 4.90 Å². The van der Waals surface area contributed by atoms with Crippen molar-refractivity contribution in [2.45, 2.75) is 164 Å². The summed E-state index contributed by atoms with van der Waals surface area (Å²) < 4.78 is 43.0. The van der Waals surface area contributed by atoms with Crippen LogP contribution < -0.4 is 4.74 Å². The lowest BCUT2D eigenvalue weighted by atomic mass is 9.40. The number of fused-ring (bicyclic) bond motifs is 5. The molecule has 12 atom stereocenters. The largest absolute Gasteiger partial charge is 0.508 e. The van der Waals surface area contributed by atoms with Gasteiger partial charge in [0, 0.05) is 35.2 Å². The third kappa shape index (κ3) is 8.25. The maximum absolute atomic E-state index is 15.6. The number of esters is 1. The first-order chi connectivity index (χ1) is 30.3. The highest BCUT2D eigenvalue weighted by Gasteiger charge is 2.73. The van der Waals surface area contributed by atoms with E-state index in [0.717, 1.165) is 11.1 Å². The van der Waals surface area contributed by atoms with Crippen LogP contribution in [0.25, 0.3) is 0 Å². The Kier molecular flexibility index (Phi) is 12.9. The van der Waals surface area contributed by atoms with E-state index in [9.17, 15) is 19.5 Å². The summed E-state index contributed by atoms with van der Waals surface area (Å²) in [5.74, 6) is -2.19. The number of aryl methyl sites for hydroxylation is 1. The topological polar surface area (TPSA) is 156 Å². The van der Waals surface area contributed by atoms with Gasteiger partial charge in [-0.05, 0) is 94.1 Å². The van der Waals surface area contributed by atoms with Crippen LogP contribution in [-0.4, -0.2) is 89.4 Å². The molecule has 4 fully saturated rings. The zero-order valence-electron chi connectivity index (χ0n) is 40.8. The molecular weight excluding hydrogens is 831 g/mol. The molecule has 3 unspecified atom stereocenters. The summed E-state index contributed by atoms with van der Waals surface area (Å²) in [6, 6.07) is 14.1. The zero-order chi connectivity index (χ0) is 47.8. The maximum Gasteiger partial charge on any atom is 0.508 e. The van der Waals surface area contributed by atoms with Gasteiger partial charge >= 0.3 is 18.2 Å². The van der Waals surface area contributed by atoms with Crippen LogP contribution in [0.1, 0.15) is 125 Å². The van der Waals surface area contributed by atoms with Crippen molar-refractivity contribution in [3.8, 4) is 5.75 Å². The van der Waals surface area contributed by atoms with Crippen molar-refractivity contribution in [1.29, 1.82) is 0 Å². The smallest absolute Gasteiger partial charge is 0.496 e. The highest BCUT2D eigenvalue weighted by Crippen LogP contribution is 2.68. The minimum absolute atomic E-state index is 0.00894. The number of nitrogens with zero attached hydrogens (tertiary/aromatic N) is 1. The molecule has 2 heterocycles. The summed E-state index contributed by atoms with van der Waals surface area (Å²) >= 11 is 0. The number of Topliss-reactive ketones (excluding diaryl/α,β-unsaturated/α-hetero) is 1. The molecule has 13 nitrogen and oxygen atoms in total. The molecule has 7 rings (SSSR count). The van der Waals surface area contributed by atoms with Crippen LogP contribution in [0, 0.1) is 46.8 Å². The van der Waals surface area contributed by atoms with Crippen molar-refractivity contribution >= 4 is 24.0 Å². The zero-order valence-corrected chi connectivity index (χ0v) is 40.8. The number of aliphatic hydroxyl groups is 1. The normalized spacial score (nSPS) is 35.2. The number of amides is 1. The van der Waals surface area contributed by atoms with Crippen LogP contribution in [-0.2, 0) is 44.6 Å². The quantitative estimate of drug-likeness (QED) is 0.145. The number of hydrogen-bond donors (Lipinski definition) is 1. The molecule has 2 bridgehead atoms. The van der Waals surface area contributed by atoms with Gasteiger partial charge in [-0.15, -0.1) is 0 Å².